The van der Waals surface area contributed by atoms with Gasteiger partial charge < -0.3 is 4.90 Å². The molecule has 0 spiro atoms. The highest BCUT2D eigenvalue weighted by Crippen LogP contribution is 2.29. The van der Waals surface area contributed by atoms with Crippen molar-refractivity contribution in [3.8, 4) is 0 Å². The molecule has 0 aromatic carbocycles. The highest BCUT2D eigenvalue weighted by Gasteiger charge is 2.16. The van der Waals surface area contributed by atoms with E-state index in [4.69, 9.17) is 0 Å². The molecule has 2 heteroatoms. The summed E-state index contributed by atoms with van der Waals surface area (Å²) in [6.07, 6.45) is 6.82. The van der Waals surface area contributed by atoms with Gasteiger partial charge in [-0.1, -0.05) is 0 Å². The predicted octanol–water partition coefficient (Wildman–Crippen LogP) is 1.89. The van der Waals surface area contributed by atoms with Crippen molar-refractivity contribution in [3.63, 3.8) is 0 Å². The van der Waals surface area contributed by atoms with Gasteiger partial charge in [0.2, 0.25) is 0 Å². The minimum atomic E-state index is 1.18. The van der Waals surface area contributed by atoms with Gasteiger partial charge in [-0.3, -0.25) is 0 Å². The first-order chi connectivity index (χ1) is 6.50. The van der Waals surface area contributed by atoms with Gasteiger partial charge in [-0.05, 0) is 30.9 Å². The Morgan fingerprint density at radius 2 is 1.86 bits per heavy atom. The highest BCUT2D eigenvalue weighted by molar-refractivity contribution is 5.78. The zero-order valence-electron chi connectivity index (χ0n) is 9.96. The van der Waals surface area contributed by atoms with Crippen LogP contribution in [0.2, 0.25) is 0 Å². The SMILES string of the molecule is CC1=C(C=[N+](C)C)CC/C1=C\N(C)C. The summed E-state index contributed by atoms with van der Waals surface area (Å²) < 4.78 is 2.12. The molecule has 0 radical (unpaired) electrons. The first-order valence-corrected chi connectivity index (χ1v) is 5.09. The van der Waals surface area contributed by atoms with Crippen molar-refractivity contribution in [1.29, 1.82) is 0 Å². The number of nitrogens with zero attached hydrogens (tertiary/aromatic N) is 2. The fraction of sp³-hybridized carbons (Fsp3) is 0.583. The second-order valence-corrected chi connectivity index (χ2v) is 4.36. The molecule has 2 nitrogen and oxygen atoms in total. The second kappa shape index (κ2) is 4.45. The molecule has 1 aliphatic carbocycles. The monoisotopic (exact) mass is 193 g/mol. The Balaban J connectivity index is 2.91. The molecule has 0 aromatic heterocycles. The van der Waals surface area contributed by atoms with Crippen molar-refractivity contribution in [3.05, 3.63) is 22.9 Å². The van der Waals surface area contributed by atoms with Gasteiger partial charge in [-0.2, -0.15) is 0 Å². The maximum atomic E-state index is 2.23. The van der Waals surface area contributed by atoms with Crippen LogP contribution in [0.1, 0.15) is 19.8 Å². The minimum absolute atomic E-state index is 1.18. The van der Waals surface area contributed by atoms with E-state index in [-0.39, 0.29) is 0 Å². The first kappa shape index (κ1) is 11.0. The Bertz CT molecular complexity index is 302. The average Bonchev–Trinajstić information content (AvgIpc) is 2.34. The van der Waals surface area contributed by atoms with Crippen molar-refractivity contribution < 1.29 is 4.58 Å². The first-order valence-electron chi connectivity index (χ1n) is 5.09. The van der Waals surface area contributed by atoms with Crippen molar-refractivity contribution in [1.82, 2.24) is 4.90 Å². The third kappa shape index (κ3) is 2.72. The Morgan fingerprint density at radius 1 is 1.21 bits per heavy atom. The molecule has 0 saturated heterocycles. The van der Waals surface area contributed by atoms with E-state index < -0.39 is 0 Å². The molecule has 0 aliphatic heterocycles. The van der Waals surface area contributed by atoms with Gasteiger partial charge in [0.1, 0.15) is 14.1 Å². The Kier molecular flexibility index (Phi) is 3.50. The predicted molar refractivity (Wildman–Crippen MR) is 61.9 cm³/mol. The maximum Gasteiger partial charge on any atom is 0.166 e. The van der Waals surface area contributed by atoms with Crippen molar-refractivity contribution in [2.45, 2.75) is 19.8 Å². The van der Waals surface area contributed by atoms with Crippen LogP contribution in [0.15, 0.2) is 22.9 Å². The molecule has 0 amide bonds. The summed E-state index contributed by atoms with van der Waals surface area (Å²) in [5.74, 6) is 0. The molecule has 0 fully saturated rings. The van der Waals surface area contributed by atoms with Gasteiger partial charge in [0.25, 0.3) is 0 Å². The molecule has 1 aliphatic rings. The minimum Gasteiger partial charge on any atom is -0.383 e. The number of hydrogen-bond donors (Lipinski definition) is 0. The molecule has 1 rings (SSSR count). The van der Waals surface area contributed by atoms with E-state index in [2.05, 4.69) is 57.0 Å². The zero-order chi connectivity index (χ0) is 10.7. The van der Waals surface area contributed by atoms with E-state index in [9.17, 15) is 0 Å². The summed E-state index contributed by atoms with van der Waals surface area (Å²) in [6.45, 7) is 2.22. The van der Waals surface area contributed by atoms with Gasteiger partial charge in [0, 0.05) is 25.9 Å². The summed E-state index contributed by atoms with van der Waals surface area (Å²) in [7, 11) is 8.31. The summed E-state index contributed by atoms with van der Waals surface area (Å²) in [5, 5.41) is 0. The van der Waals surface area contributed by atoms with Crippen LogP contribution in [0.25, 0.3) is 0 Å². The smallest absolute Gasteiger partial charge is 0.166 e. The summed E-state index contributed by atoms with van der Waals surface area (Å²) in [5.41, 5.74) is 4.40. The fourth-order valence-electron chi connectivity index (χ4n) is 1.80. The van der Waals surface area contributed by atoms with Crippen LogP contribution in [0, 0.1) is 0 Å². The van der Waals surface area contributed by atoms with Crippen LogP contribution >= 0.6 is 0 Å². The van der Waals surface area contributed by atoms with E-state index in [0.29, 0.717) is 0 Å². The fourth-order valence-corrected chi connectivity index (χ4v) is 1.80. The maximum absolute atomic E-state index is 2.23. The van der Waals surface area contributed by atoms with Crippen molar-refractivity contribution >= 4 is 6.21 Å². The number of allylic oxidation sites excluding steroid dienone is 3. The lowest BCUT2D eigenvalue weighted by Crippen LogP contribution is -2.03. The van der Waals surface area contributed by atoms with Crippen LogP contribution in [0.4, 0.5) is 0 Å². The van der Waals surface area contributed by atoms with E-state index in [1.807, 2.05) is 0 Å². The van der Waals surface area contributed by atoms with Crippen LogP contribution in [0.3, 0.4) is 0 Å². The largest absolute Gasteiger partial charge is 0.383 e. The molecule has 14 heavy (non-hydrogen) atoms. The van der Waals surface area contributed by atoms with Gasteiger partial charge in [-0.25, -0.2) is 4.58 Å². The molecule has 0 atom stereocenters. The lowest BCUT2D eigenvalue weighted by Gasteiger charge is -2.07. The molecular formula is C12H21N2+. The van der Waals surface area contributed by atoms with E-state index >= 15 is 0 Å². The lowest BCUT2D eigenvalue weighted by molar-refractivity contribution is -0.459. The number of rotatable bonds is 2. The summed E-state index contributed by atoms with van der Waals surface area (Å²) in [4.78, 5) is 2.12. The van der Waals surface area contributed by atoms with E-state index in [0.717, 1.165) is 0 Å². The second-order valence-electron chi connectivity index (χ2n) is 4.36. The molecule has 0 bridgehead atoms. The third-order valence-electron chi connectivity index (χ3n) is 2.46. The molecule has 0 aromatic rings. The van der Waals surface area contributed by atoms with Gasteiger partial charge in [-0.15, -0.1) is 0 Å². The van der Waals surface area contributed by atoms with E-state index in [1.54, 1.807) is 0 Å². The molecule has 0 unspecified atom stereocenters. The zero-order valence-corrected chi connectivity index (χ0v) is 9.96. The Labute approximate surface area is 87.2 Å². The standard InChI is InChI=1S/C12H21N2/c1-10-11(8-13(2)3)6-7-12(10)9-14(4)5/h8-9H,6-7H2,1-5H3/q+1. The average molecular weight is 193 g/mol. The van der Waals surface area contributed by atoms with Crippen LogP contribution in [-0.2, 0) is 0 Å². The van der Waals surface area contributed by atoms with E-state index in [1.165, 1.54) is 29.6 Å². The van der Waals surface area contributed by atoms with Gasteiger partial charge in [0.05, 0.1) is 0 Å². The molecule has 0 heterocycles. The summed E-state index contributed by atoms with van der Waals surface area (Å²) in [6, 6.07) is 0. The van der Waals surface area contributed by atoms with Crippen LogP contribution in [0.5, 0.6) is 0 Å². The van der Waals surface area contributed by atoms with Crippen molar-refractivity contribution in [2.75, 3.05) is 28.2 Å². The quantitative estimate of drug-likeness (QED) is 0.479. The Hall–Kier alpha value is -1.05. The molecular weight excluding hydrogens is 172 g/mol. The summed E-state index contributed by atoms with van der Waals surface area (Å²) >= 11 is 0. The molecule has 0 N–H and O–H groups in total. The van der Waals surface area contributed by atoms with Crippen LogP contribution < -0.4 is 0 Å². The van der Waals surface area contributed by atoms with Crippen molar-refractivity contribution in [2.24, 2.45) is 0 Å². The third-order valence-corrected chi connectivity index (χ3v) is 2.46. The normalized spacial score (nSPS) is 19.1. The van der Waals surface area contributed by atoms with Gasteiger partial charge >= 0.3 is 0 Å². The topological polar surface area (TPSA) is 6.25 Å². The van der Waals surface area contributed by atoms with Gasteiger partial charge in [0.15, 0.2) is 6.21 Å². The highest BCUT2D eigenvalue weighted by atomic mass is 15.0. The Morgan fingerprint density at radius 3 is 2.36 bits per heavy atom. The molecule has 78 valence electrons. The molecule has 0 saturated carbocycles. The number of hydrogen-bond acceptors (Lipinski definition) is 1. The van der Waals surface area contributed by atoms with Crippen LogP contribution in [-0.4, -0.2) is 43.9 Å². The lowest BCUT2D eigenvalue weighted by atomic mass is 10.1.